The summed E-state index contributed by atoms with van der Waals surface area (Å²) in [6, 6.07) is 0. The van der Waals surface area contributed by atoms with Crippen LogP contribution in [0, 0.1) is 16.7 Å². The van der Waals surface area contributed by atoms with Gasteiger partial charge in [-0.3, -0.25) is 4.90 Å². The Hall–Kier alpha value is -0.160. The molecule has 0 aromatic carbocycles. The molecule has 3 aliphatic rings. The van der Waals surface area contributed by atoms with Crippen molar-refractivity contribution in [3.05, 3.63) is 0 Å². The van der Waals surface area contributed by atoms with Gasteiger partial charge in [-0.2, -0.15) is 0 Å². The topological polar surface area (TPSA) is 35.9 Å². The van der Waals surface area contributed by atoms with E-state index in [1.807, 2.05) is 0 Å². The van der Waals surface area contributed by atoms with Gasteiger partial charge in [0.05, 0.1) is 18.8 Å². The van der Waals surface area contributed by atoms with E-state index in [2.05, 4.69) is 37.5 Å². The molecule has 3 fully saturated rings. The maximum Gasteiger partial charge on any atom is 0.0900 e. The molecule has 2 aliphatic carbocycles. The third kappa shape index (κ3) is 3.46. The number of likely N-dealkylation sites (N-methyl/N-ethyl adjacent to an activating group) is 1. The normalized spacial score (nSPS) is 39.0. The van der Waals surface area contributed by atoms with Crippen LogP contribution in [-0.4, -0.2) is 73.0 Å². The molecule has 1 saturated heterocycles. The number of ether oxygens (including phenoxy) is 1. The van der Waals surface area contributed by atoms with Gasteiger partial charge in [0.25, 0.3) is 0 Å². The first-order valence-corrected chi connectivity index (χ1v) is 9.59. The average Bonchev–Trinajstić information content (AvgIpc) is 2.98. The van der Waals surface area contributed by atoms with Gasteiger partial charge in [0.1, 0.15) is 0 Å². The Bertz CT molecular complexity index is 401. The number of aliphatic hydroxyl groups excluding tert-OH is 1. The van der Waals surface area contributed by atoms with Gasteiger partial charge in [0, 0.05) is 32.7 Å². The first kappa shape index (κ1) is 17.7. The van der Waals surface area contributed by atoms with Crippen molar-refractivity contribution in [1.29, 1.82) is 0 Å². The summed E-state index contributed by atoms with van der Waals surface area (Å²) >= 11 is 0. The van der Waals surface area contributed by atoms with Gasteiger partial charge in [-0.25, -0.2) is 0 Å². The Morgan fingerprint density at radius 3 is 2.35 bits per heavy atom. The Labute approximate surface area is 142 Å². The lowest BCUT2D eigenvalue weighted by atomic mass is 9.70. The van der Waals surface area contributed by atoms with Crippen molar-refractivity contribution < 1.29 is 9.84 Å². The second-order valence-electron chi connectivity index (χ2n) is 9.02. The van der Waals surface area contributed by atoms with E-state index in [1.54, 1.807) is 0 Å². The largest absolute Gasteiger partial charge is 0.389 e. The Morgan fingerprint density at radius 2 is 1.78 bits per heavy atom. The number of piperazine rings is 1. The van der Waals surface area contributed by atoms with Crippen LogP contribution in [0.2, 0.25) is 0 Å². The summed E-state index contributed by atoms with van der Waals surface area (Å²) in [5.41, 5.74) is 0.597. The smallest absolute Gasteiger partial charge is 0.0900 e. The SMILES string of the molecule is CCN1CCN(C[C@@H](O)CO[C@@H]2C(C)(C)[C@H]3CC[C@@]2(C)C3)CC1. The predicted octanol–water partition coefficient (Wildman–Crippen LogP) is 2.22. The van der Waals surface area contributed by atoms with Gasteiger partial charge >= 0.3 is 0 Å². The lowest BCUT2D eigenvalue weighted by molar-refractivity contribution is -0.114. The molecule has 4 heteroatoms. The van der Waals surface area contributed by atoms with E-state index < -0.39 is 0 Å². The highest BCUT2D eigenvalue weighted by Crippen LogP contribution is 2.63. The van der Waals surface area contributed by atoms with E-state index in [4.69, 9.17) is 4.74 Å². The lowest BCUT2D eigenvalue weighted by Crippen LogP contribution is -2.49. The minimum atomic E-state index is -0.360. The fraction of sp³-hybridized carbons (Fsp3) is 1.00. The molecule has 0 aromatic heterocycles. The quantitative estimate of drug-likeness (QED) is 0.813. The van der Waals surface area contributed by atoms with Crippen LogP contribution < -0.4 is 0 Å². The van der Waals surface area contributed by atoms with Crippen molar-refractivity contribution in [3.63, 3.8) is 0 Å². The Kier molecular flexibility index (Phi) is 5.09. The molecule has 2 saturated carbocycles. The van der Waals surface area contributed by atoms with Gasteiger partial charge in [0.15, 0.2) is 0 Å². The van der Waals surface area contributed by atoms with Gasteiger partial charge in [-0.1, -0.05) is 27.7 Å². The summed E-state index contributed by atoms with van der Waals surface area (Å²) in [7, 11) is 0. The summed E-state index contributed by atoms with van der Waals surface area (Å²) in [5, 5.41) is 10.4. The van der Waals surface area contributed by atoms with E-state index >= 15 is 0 Å². The number of β-amino-alcohol motifs (C(OH)–C–C–N with tert-alkyl or cyclic N) is 1. The summed E-state index contributed by atoms with van der Waals surface area (Å²) in [4.78, 5) is 4.85. The van der Waals surface area contributed by atoms with E-state index in [0.717, 1.165) is 45.2 Å². The molecule has 3 rings (SSSR count). The molecule has 0 unspecified atom stereocenters. The molecule has 1 N–H and O–H groups in total. The van der Waals surface area contributed by atoms with Crippen LogP contribution in [-0.2, 0) is 4.74 Å². The van der Waals surface area contributed by atoms with Crippen molar-refractivity contribution >= 4 is 0 Å². The molecular weight excluding hydrogens is 288 g/mol. The van der Waals surface area contributed by atoms with E-state index in [-0.39, 0.29) is 11.5 Å². The number of hydrogen-bond donors (Lipinski definition) is 1. The zero-order valence-electron chi connectivity index (χ0n) is 15.6. The van der Waals surface area contributed by atoms with Gasteiger partial charge in [0.2, 0.25) is 0 Å². The number of aliphatic hydroxyl groups is 1. The number of fused-ring (bicyclic) bond motifs is 2. The Balaban J connectivity index is 1.45. The van der Waals surface area contributed by atoms with Crippen molar-refractivity contribution in [1.82, 2.24) is 9.80 Å². The summed E-state index contributed by atoms with van der Waals surface area (Å²) in [5.74, 6) is 0.803. The Morgan fingerprint density at radius 1 is 1.13 bits per heavy atom. The first-order chi connectivity index (χ1) is 10.8. The number of hydrogen-bond acceptors (Lipinski definition) is 4. The van der Waals surface area contributed by atoms with Crippen LogP contribution in [0.3, 0.4) is 0 Å². The highest BCUT2D eigenvalue weighted by Gasteiger charge is 2.60. The highest BCUT2D eigenvalue weighted by molar-refractivity contribution is 5.09. The van der Waals surface area contributed by atoms with Gasteiger partial charge in [-0.15, -0.1) is 0 Å². The van der Waals surface area contributed by atoms with Crippen LogP contribution in [0.5, 0.6) is 0 Å². The van der Waals surface area contributed by atoms with Crippen molar-refractivity contribution in [2.75, 3.05) is 45.9 Å². The average molecular weight is 325 g/mol. The summed E-state index contributed by atoms with van der Waals surface area (Å²) in [6.45, 7) is 16.1. The molecule has 0 spiro atoms. The molecule has 23 heavy (non-hydrogen) atoms. The van der Waals surface area contributed by atoms with Crippen molar-refractivity contribution in [2.45, 2.75) is 59.2 Å². The standard InChI is InChI=1S/C19H36N2O2/c1-5-20-8-10-21(11-9-20)13-16(22)14-23-17-18(2,3)15-6-7-19(17,4)12-15/h15-17,22H,5-14H2,1-4H3/t15-,16+,17+,19-/m0/s1. The fourth-order valence-electron chi connectivity index (χ4n) is 5.52. The van der Waals surface area contributed by atoms with Crippen LogP contribution in [0.15, 0.2) is 0 Å². The van der Waals surface area contributed by atoms with Crippen LogP contribution in [0.1, 0.15) is 47.0 Å². The van der Waals surface area contributed by atoms with E-state index in [9.17, 15) is 5.11 Å². The molecule has 2 bridgehead atoms. The van der Waals surface area contributed by atoms with Crippen molar-refractivity contribution in [3.8, 4) is 0 Å². The third-order valence-corrected chi connectivity index (χ3v) is 6.97. The molecule has 1 heterocycles. The summed E-state index contributed by atoms with van der Waals surface area (Å²) in [6.07, 6.45) is 3.90. The van der Waals surface area contributed by atoms with Crippen LogP contribution >= 0.6 is 0 Å². The minimum Gasteiger partial charge on any atom is -0.389 e. The first-order valence-electron chi connectivity index (χ1n) is 9.59. The van der Waals surface area contributed by atoms with Crippen LogP contribution in [0.4, 0.5) is 0 Å². The second-order valence-corrected chi connectivity index (χ2v) is 9.02. The molecule has 4 nitrogen and oxygen atoms in total. The van der Waals surface area contributed by atoms with Crippen molar-refractivity contribution in [2.24, 2.45) is 16.7 Å². The maximum absolute atomic E-state index is 10.4. The number of rotatable bonds is 6. The van der Waals surface area contributed by atoms with Gasteiger partial charge in [-0.05, 0) is 42.6 Å². The fourth-order valence-corrected chi connectivity index (χ4v) is 5.52. The number of nitrogens with zero attached hydrogens (tertiary/aromatic N) is 2. The van der Waals surface area contributed by atoms with E-state index in [1.165, 1.54) is 19.3 Å². The minimum absolute atomic E-state index is 0.263. The molecular formula is C19H36N2O2. The zero-order chi connectivity index (χ0) is 16.7. The predicted molar refractivity (Wildman–Crippen MR) is 93.5 cm³/mol. The molecule has 1 aliphatic heterocycles. The maximum atomic E-state index is 10.4. The molecule has 0 amide bonds. The van der Waals surface area contributed by atoms with Gasteiger partial charge < -0.3 is 14.7 Å². The molecule has 134 valence electrons. The lowest BCUT2D eigenvalue weighted by Gasteiger charge is -2.43. The molecule has 0 aromatic rings. The third-order valence-electron chi connectivity index (χ3n) is 6.97. The van der Waals surface area contributed by atoms with E-state index in [0.29, 0.717) is 18.1 Å². The second kappa shape index (κ2) is 6.62. The summed E-state index contributed by atoms with van der Waals surface area (Å²) < 4.78 is 6.31. The zero-order valence-corrected chi connectivity index (χ0v) is 15.6. The molecule has 0 radical (unpaired) electrons. The molecule has 4 atom stereocenters. The van der Waals surface area contributed by atoms with Crippen LogP contribution in [0.25, 0.3) is 0 Å². The monoisotopic (exact) mass is 324 g/mol. The highest BCUT2D eigenvalue weighted by atomic mass is 16.5.